The van der Waals surface area contributed by atoms with Gasteiger partial charge < -0.3 is 0 Å². The van der Waals surface area contributed by atoms with Gasteiger partial charge in [-0.05, 0) is 53.9 Å². The standard InChI is InChI=1S/C6H2Br3N3/c7-2-1-3(8)10-5-4(2)11-12-6(5)9/h1H,(H,11,12). The molecule has 2 heterocycles. The Balaban J connectivity index is 2.92. The van der Waals surface area contributed by atoms with Crippen LogP contribution in [0.15, 0.2) is 19.7 Å². The largest absolute Gasteiger partial charge is 0.269 e. The van der Waals surface area contributed by atoms with E-state index in [4.69, 9.17) is 0 Å². The summed E-state index contributed by atoms with van der Waals surface area (Å²) in [6, 6.07) is 1.86. The predicted molar refractivity (Wildman–Crippen MR) is 57.0 cm³/mol. The summed E-state index contributed by atoms with van der Waals surface area (Å²) in [5.41, 5.74) is 1.64. The van der Waals surface area contributed by atoms with Crippen LogP contribution in [-0.2, 0) is 0 Å². The van der Waals surface area contributed by atoms with Crippen LogP contribution < -0.4 is 0 Å². The highest BCUT2D eigenvalue weighted by atomic mass is 79.9. The number of nitrogens with zero attached hydrogens (tertiary/aromatic N) is 2. The number of fused-ring (bicyclic) bond motifs is 1. The van der Waals surface area contributed by atoms with E-state index in [2.05, 4.69) is 63.0 Å². The Morgan fingerprint density at radius 2 is 1.92 bits per heavy atom. The van der Waals surface area contributed by atoms with E-state index in [1.807, 2.05) is 6.07 Å². The minimum absolute atomic E-state index is 0.781. The summed E-state index contributed by atoms with van der Waals surface area (Å²) in [5.74, 6) is 0. The maximum atomic E-state index is 4.24. The number of hydrogen-bond acceptors (Lipinski definition) is 2. The fourth-order valence-electron chi connectivity index (χ4n) is 0.895. The van der Waals surface area contributed by atoms with Crippen LogP contribution >= 0.6 is 47.8 Å². The van der Waals surface area contributed by atoms with Gasteiger partial charge >= 0.3 is 0 Å². The first kappa shape index (κ1) is 8.65. The van der Waals surface area contributed by atoms with Crippen molar-refractivity contribution in [3.8, 4) is 0 Å². The summed E-state index contributed by atoms with van der Waals surface area (Å²) in [4.78, 5) is 4.24. The number of aromatic nitrogens is 3. The number of rotatable bonds is 0. The third-order valence-corrected chi connectivity index (χ3v) is 2.95. The molecule has 0 radical (unpaired) electrons. The van der Waals surface area contributed by atoms with Crippen molar-refractivity contribution >= 4 is 58.8 Å². The van der Waals surface area contributed by atoms with E-state index in [9.17, 15) is 0 Å². The van der Waals surface area contributed by atoms with Gasteiger partial charge in [0.05, 0.1) is 4.47 Å². The Morgan fingerprint density at radius 3 is 2.67 bits per heavy atom. The zero-order chi connectivity index (χ0) is 8.72. The number of halogens is 3. The Morgan fingerprint density at radius 1 is 1.17 bits per heavy atom. The third-order valence-electron chi connectivity index (χ3n) is 1.39. The predicted octanol–water partition coefficient (Wildman–Crippen LogP) is 3.25. The van der Waals surface area contributed by atoms with Gasteiger partial charge in [0.1, 0.15) is 20.2 Å². The number of pyridine rings is 1. The molecule has 2 aromatic rings. The molecule has 0 bridgehead atoms. The second-order valence-corrected chi connectivity index (χ2v) is 4.62. The molecule has 12 heavy (non-hydrogen) atoms. The van der Waals surface area contributed by atoms with E-state index in [1.165, 1.54) is 0 Å². The molecular formula is C6H2Br3N3. The Kier molecular flexibility index (Phi) is 2.22. The van der Waals surface area contributed by atoms with E-state index in [1.54, 1.807) is 0 Å². The number of hydrogen-bond donors (Lipinski definition) is 1. The average Bonchev–Trinajstić information content (AvgIpc) is 2.33. The van der Waals surface area contributed by atoms with Gasteiger partial charge in [-0.2, -0.15) is 5.10 Å². The van der Waals surface area contributed by atoms with Crippen molar-refractivity contribution in [2.45, 2.75) is 0 Å². The normalized spacial score (nSPS) is 10.9. The van der Waals surface area contributed by atoms with E-state index < -0.39 is 0 Å². The summed E-state index contributed by atoms with van der Waals surface area (Å²) < 4.78 is 2.49. The van der Waals surface area contributed by atoms with Crippen molar-refractivity contribution in [2.24, 2.45) is 0 Å². The van der Waals surface area contributed by atoms with Gasteiger partial charge in [-0.3, -0.25) is 5.10 Å². The lowest BCUT2D eigenvalue weighted by Gasteiger charge is -1.93. The summed E-state index contributed by atoms with van der Waals surface area (Å²) >= 11 is 10.00. The highest BCUT2D eigenvalue weighted by Crippen LogP contribution is 2.27. The van der Waals surface area contributed by atoms with Crippen molar-refractivity contribution in [3.05, 3.63) is 19.7 Å². The first-order chi connectivity index (χ1) is 5.68. The molecule has 3 nitrogen and oxygen atoms in total. The SMILES string of the molecule is Brc1cc(Br)c2n[nH]c(Br)c2n1. The molecule has 0 fully saturated rings. The molecule has 0 aliphatic carbocycles. The van der Waals surface area contributed by atoms with Crippen molar-refractivity contribution in [2.75, 3.05) is 0 Å². The molecule has 62 valence electrons. The van der Waals surface area contributed by atoms with E-state index in [0.717, 1.165) is 24.7 Å². The van der Waals surface area contributed by atoms with Crippen LogP contribution in [-0.4, -0.2) is 15.2 Å². The summed E-state index contributed by atoms with van der Waals surface area (Å²) in [6.45, 7) is 0. The lowest BCUT2D eigenvalue weighted by atomic mass is 10.4. The van der Waals surface area contributed by atoms with Gasteiger partial charge in [0.2, 0.25) is 0 Å². The number of nitrogens with one attached hydrogen (secondary N) is 1. The van der Waals surface area contributed by atoms with Crippen LogP contribution in [0.25, 0.3) is 11.0 Å². The van der Waals surface area contributed by atoms with Crippen molar-refractivity contribution in [3.63, 3.8) is 0 Å². The van der Waals surface area contributed by atoms with Gasteiger partial charge in [-0.1, -0.05) is 0 Å². The first-order valence-electron chi connectivity index (χ1n) is 3.04. The quantitative estimate of drug-likeness (QED) is 0.737. The monoisotopic (exact) mass is 353 g/mol. The van der Waals surface area contributed by atoms with Gasteiger partial charge in [0.15, 0.2) is 0 Å². The van der Waals surface area contributed by atoms with Crippen LogP contribution in [0.5, 0.6) is 0 Å². The molecule has 0 saturated heterocycles. The molecule has 2 aromatic heterocycles. The zero-order valence-electron chi connectivity index (χ0n) is 5.61. The highest BCUT2D eigenvalue weighted by Gasteiger charge is 2.08. The van der Waals surface area contributed by atoms with Crippen LogP contribution in [0, 0.1) is 0 Å². The third kappa shape index (κ3) is 1.31. The van der Waals surface area contributed by atoms with Gasteiger partial charge in [0.25, 0.3) is 0 Å². The second-order valence-electron chi connectivity index (χ2n) is 2.16. The highest BCUT2D eigenvalue weighted by molar-refractivity contribution is 9.11. The second kappa shape index (κ2) is 3.08. The van der Waals surface area contributed by atoms with Gasteiger partial charge in [0, 0.05) is 0 Å². The smallest absolute Gasteiger partial charge is 0.127 e. The number of aromatic amines is 1. The molecule has 0 atom stereocenters. The summed E-state index contributed by atoms with van der Waals surface area (Å²) in [6.07, 6.45) is 0. The fraction of sp³-hybridized carbons (Fsp3) is 0. The molecule has 0 spiro atoms. The Labute approximate surface area is 93.3 Å². The summed E-state index contributed by atoms with van der Waals surface area (Å²) in [7, 11) is 0. The summed E-state index contributed by atoms with van der Waals surface area (Å²) in [5, 5.41) is 6.85. The minimum atomic E-state index is 0.781. The number of H-pyrrole nitrogens is 1. The zero-order valence-corrected chi connectivity index (χ0v) is 10.4. The maximum absolute atomic E-state index is 4.24. The van der Waals surface area contributed by atoms with Crippen LogP contribution in [0.4, 0.5) is 0 Å². The van der Waals surface area contributed by atoms with Crippen molar-refractivity contribution in [1.29, 1.82) is 0 Å². The molecule has 6 heteroatoms. The molecule has 1 N–H and O–H groups in total. The fourth-order valence-corrected chi connectivity index (χ4v) is 2.47. The molecule has 0 unspecified atom stereocenters. The van der Waals surface area contributed by atoms with Crippen LogP contribution in [0.2, 0.25) is 0 Å². The maximum Gasteiger partial charge on any atom is 0.127 e. The Bertz CT molecular complexity index is 437. The molecule has 0 aromatic carbocycles. The first-order valence-corrected chi connectivity index (χ1v) is 5.42. The molecule has 2 rings (SSSR count). The molecular weight excluding hydrogens is 354 g/mol. The Hall–Kier alpha value is 0.0600. The topological polar surface area (TPSA) is 41.6 Å². The average molecular weight is 356 g/mol. The molecule has 0 aliphatic rings. The van der Waals surface area contributed by atoms with Crippen molar-refractivity contribution < 1.29 is 0 Å². The van der Waals surface area contributed by atoms with E-state index in [0.29, 0.717) is 0 Å². The minimum Gasteiger partial charge on any atom is -0.269 e. The van der Waals surface area contributed by atoms with Gasteiger partial charge in [-0.15, -0.1) is 0 Å². The molecule has 0 saturated carbocycles. The lowest BCUT2D eigenvalue weighted by molar-refractivity contribution is 1.09. The van der Waals surface area contributed by atoms with Crippen LogP contribution in [0.1, 0.15) is 0 Å². The lowest BCUT2D eigenvalue weighted by Crippen LogP contribution is -1.78. The molecule has 0 aliphatic heterocycles. The van der Waals surface area contributed by atoms with E-state index >= 15 is 0 Å². The van der Waals surface area contributed by atoms with Gasteiger partial charge in [-0.25, -0.2) is 4.98 Å². The van der Waals surface area contributed by atoms with E-state index in [-0.39, 0.29) is 0 Å². The molecule has 0 amide bonds. The van der Waals surface area contributed by atoms with Crippen LogP contribution in [0.3, 0.4) is 0 Å². The van der Waals surface area contributed by atoms with Crippen molar-refractivity contribution in [1.82, 2.24) is 15.2 Å².